The molecule has 0 bridgehead atoms. The monoisotopic (exact) mass is 254 g/mol. The summed E-state index contributed by atoms with van der Waals surface area (Å²) in [5.41, 5.74) is -2.31. The predicted molar refractivity (Wildman–Crippen MR) is 61.9 cm³/mol. The van der Waals surface area contributed by atoms with Crippen LogP contribution in [-0.2, 0) is 9.59 Å². The molecule has 0 saturated heterocycles. The second kappa shape index (κ2) is 5.39. The highest BCUT2D eigenvalue weighted by molar-refractivity contribution is 6.01. The molecule has 0 spiro atoms. The van der Waals surface area contributed by atoms with Crippen molar-refractivity contribution in [3.63, 3.8) is 0 Å². The van der Waals surface area contributed by atoms with Crippen molar-refractivity contribution < 1.29 is 29.3 Å². The fourth-order valence-electron chi connectivity index (χ4n) is 1.19. The Morgan fingerprint density at radius 3 is 1.94 bits per heavy atom. The van der Waals surface area contributed by atoms with Crippen molar-refractivity contribution in [2.45, 2.75) is 19.4 Å². The summed E-state index contributed by atoms with van der Waals surface area (Å²) in [6.45, 7) is 3.31. The second-order valence-electron chi connectivity index (χ2n) is 3.65. The number of carboxylic acids is 2. The molecule has 0 unspecified atom stereocenters. The molecule has 6 nitrogen and oxygen atoms in total. The molecule has 6 heteroatoms. The minimum Gasteiger partial charge on any atom is -0.494 e. The Kier molecular flexibility index (Phi) is 4.14. The fourth-order valence-corrected chi connectivity index (χ4v) is 1.19. The molecule has 1 aromatic carbocycles. The Balaban J connectivity index is 2.89. The molecule has 0 aliphatic rings. The van der Waals surface area contributed by atoms with Crippen LogP contribution in [0.5, 0.6) is 11.5 Å². The number of ether oxygens (including phenoxy) is 2. The molecule has 0 saturated carbocycles. The lowest BCUT2D eigenvalue weighted by atomic mass is 10.1. The average molecular weight is 254 g/mol. The van der Waals surface area contributed by atoms with Crippen molar-refractivity contribution in [3.05, 3.63) is 24.3 Å². The topological polar surface area (TPSA) is 93.1 Å². The standard InChI is InChI=1S/C12H14O6/c1-3-17-8-4-6-9(7-5-8)18-12(2,10(13)14)11(15)16/h4-7H,3H2,1-2H3,(H,13,14)(H,15,16). The second-order valence-corrected chi connectivity index (χ2v) is 3.65. The van der Waals surface area contributed by atoms with Crippen LogP contribution in [-0.4, -0.2) is 34.4 Å². The Morgan fingerprint density at radius 1 is 1.11 bits per heavy atom. The van der Waals surface area contributed by atoms with Crippen molar-refractivity contribution >= 4 is 11.9 Å². The molecule has 1 aromatic rings. The van der Waals surface area contributed by atoms with E-state index in [0.29, 0.717) is 12.4 Å². The summed E-state index contributed by atoms with van der Waals surface area (Å²) < 4.78 is 10.2. The van der Waals surface area contributed by atoms with E-state index in [9.17, 15) is 9.59 Å². The third kappa shape index (κ3) is 2.91. The number of hydrogen-bond acceptors (Lipinski definition) is 4. The van der Waals surface area contributed by atoms with Crippen LogP contribution in [0.3, 0.4) is 0 Å². The molecule has 0 atom stereocenters. The molecule has 98 valence electrons. The summed E-state index contributed by atoms with van der Waals surface area (Å²) in [7, 11) is 0. The molecule has 1 rings (SSSR count). The molecule has 0 aliphatic carbocycles. The highest BCUT2D eigenvalue weighted by Gasteiger charge is 2.44. The summed E-state index contributed by atoms with van der Waals surface area (Å²) in [6, 6.07) is 6.05. The summed E-state index contributed by atoms with van der Waals surface area (Å²) in [5, 5.41) is 17.7. The Hall–Kier alpha value is -2.24. The van der Waals surface area contributed by atoms with Gasteiger partial charge in [0.2, 0.25) is 0 Å². The van der Waals surface area contributed by atoms with E-state index in [1.54, 1.807) is 12.1 Å². The molecular weight excluding hydrogens is 240 g/mol. The van der Waals surface area contributed by atoms with Crippen LogP contribution in [0.25, 0.3) is 0 Å². The molecule has 0 fully saturated rings. The molecule has 18 heavy (non-hydrogen) atoms. The van der Waals surface area contributed by atoms with Crippen molar-refractivity contribution in [3.8, 4) is 11.5 Å². The Bertz CT molecular complexity index is 422. The number of aliphatic carboxylic acids is 2. The molecular formula is C12H14O6. The Labute approximate surface area is 104 Å². The van der Waals surface area contributed by atoms with Crippen molar-refractivity contribution in [2.24, 2.45) is 0 Å². The van der Waals surface area contributed by atoms with E-state index in [1.165, 1.54) is 12.1 Å². The van der Waals surface area contributed by atoms with Crippen LogP contribution in [0.15, 0.2) is 24.3 Å². The summed E-state index contributed by atoms with van der Waals surface area (Å²) in [6.07, 6.45) is 0. The lowest BCUT2D eigenvalue weighted by Crippen LogP contribution is -2.49. The van der Waals surface area contributed by atoms with Gasteiger partial charge in [-0.05, 0) is 38.1 Å². The number of carboxylic acid groups (broad SMARTS) is 2. The molecule has 2 N–H and O–H groups in total. The molecule has 0 amide bonds. The fraction of sp³-hybridized carbons (Fsp3) is 0.333. The van der Waals surface area contributed by atoms with Crippen molar-refractivity contribution in [1.29, 1.82) is 0 Å². The van der Waals surface area contributed by atoms with Gasteiger partial charge in [-0.25, -0.2) is 9.59 Å². The maximum Gasteiger partial charge on any atom is 0.359 e. The predicted octanol–water partition coefficient (Wildman–Crippen LogP) is 1.39. The average Bonchev–Trinajstić information content (AvgIpc) is 2.31. The third-order valence-electron chi connectivity index (χ3n) is 2.27. The molecule has 0 aliphatic heterocycles. The van der Waals surface area contributed by atoms with E-state index in [-0.39, 0.29) is 5.75 Å². The van der Waals surface area contributed by atoms with Crippen LogP contribution < -0.4 is 9.47 Å². The maximum atomic E-state index is 10.9. The lowest BCUT2D eigenvalue weighted by molar-refractivity contribution is -0.170. The first kappa shape index (κ1) is 13.8. The lowest BCUT2D eigenvalue weighted by Gasteiger charge is -2.21. The highest BCUT2D eigenvalue weighted by atomic mass is 16.6. The van der Waals surface area contributed by atoms with Gasteiger partial charge in [-0.1, -0.05) is 0 Å². The minimum atomic E-state index is -2.31. The summed E-state index contributed by atoms with van der Waals surface area (Å²) in [4.78, 5) is 21.8. The molecule has 0 heterocycles. The van der Waals surface area contributed by atoms with Crippen LogP contribution in [0.1, 0.15) is 13.8 Å². The van der Waals surface area contributed by atoms with Crippen LogP contribution >= 0.6 is 0 Å². The highest BCUT2D eigenvalue weighted by Crippen LogP contribution is 2.22. The smallest absolute Gasteiger partial charge is 0.359 e. The van der Waals surface area contributed by atoms with Gasteiger partial charge in [0.1, 0.15) is 11.5 Å². The first-order valence-corrected chi connectivity index (χ1v) is 5.28. The van der Waals surface area contributed by atoms with Gasteiger partial charge < -0.3 is 19.7 Å². The molecule has 0 radical (unpaired) electrons. The molecule has 0 aromatic heterocycles. The largest absolute Gasteiger partial charge is 0.494 e. The third-order valence-corrected chi connectivity index (χ3v) is 2.27. The van der Waals surface area contributed by atoms with Gasteiger partial charge in [-0.2, -0.15) is 0 Å². The van der Waals surface area contributed by atoms with E-state index in [2.05, 4.69) is 0 Å². The van der Waals surface area contributed by atoms with Crippen molar-refractivity contribution in [1.82, 2.24) is 0 Å². The van der Waals surface area contributed by atoms with Gasteiger partial charge in [0.05, 0.1) is 6.61 Å². The van der Waals surface area contributed by atoms with E-state index in [4.69, 9.17) is 19.7 Å². The van der Waals surface area contributed by atoms with Gasteiger partial charge >= 0.3 is 11.9 Å². The van der Waals surface area contributed by atoms with Crippen LogP contribution in [0.2, 0.25) is 0 Å². The first-order valence-electron chi connectivity index (χ1n) is 5.28. The van der Waals surface area contributed by atoms with Gasteiger partial charge in [-0.3, -0.25) is 0 Å². The van der Waals surface area contributed by atoms with Crippen LogP contribution in [0, 0.1) is 0 Å². The van der Waals surface area contributed by atoms with E-state index in [1.807, 2.05) is 6.92 Å². The number of carbonyl (C=O) groups is 2. The Morgan fingerprint density at radius 2 is 1.56 bits per heavy atom. The maximum absolute atomic E-state index is 10.9. The summed E-state index contributed by atoms with van der Waals surface area (Å²) in [5.74, 6) is -2.39. The number of hydrogen-bond donors (Lipinski definition) is 2. The van der Waals surface area contributed by atoms with Gasteiger partial charge in [0.15, 0.2) is 0 Å². The van der Waals surface area contributed by atoms with Gasteiger partial charge in [0.25, 0.3) is 5.60 Å². The van der Waals surface area contributed by atoms with Crippen LogP contribution in [0.4, 0.5) is 0 Å². The zero-order valence-electron chi connectivity index (χ0n) is 10.0. The van der Waals surface area contributed by atoms with E-state index >= 15 is 0 Å². The number of rotatable bonds is 6. The zero-order chi connectivity index (χ0) is 13.8. The van der Waals surface area contributed by atoms with Crippen molar-refractivity contribution in [2.75, 3.05) is 6.61 Å². The quantitative estimate of drug-likeness (QED) is 0.745. The first-order chi connectivity index (χ1) is 8.40. The van der Waals surface area contributed by atoms with Gasteiger partial charge in [0, 0.05) is 0 Å². The number of benzene rings is 1. The normalized spacial score (nSPS) is 10.8. The minimum absolute atomic E-state index is 0.144. The SMILES string of the molecule is CCOc1ccc(OC(C)(C(=O)O)C(=O)O)cc1. The van der Waals surface area contributed by atoms with Gasteiger partial charge in [-0.15, -0.1) is 0 Å². The summed E-state index contributed by atoms with van der Waals surface area (Å²) >= 11 is 0. The van der Waals surface area contributed by atoms with E-state index < -0.39 is 17.5 Å². The zero-order valence-corrected chi connectivity index (χ0v) is 10.0. The van der Waals surface area contributed by atoms with E-state index in [0.717, 1.165) is 6.92 Å².